The lowest BCUT2D eigenvalue weighted by Crippen LogP contribution is -2.21. The zero-order valence-corrected chi connectivity index (χ0v) is 11.2. The van der Waals surface area contributed by atoms with Crippen LogP contribution in [0.4, 0.5) is 0 Å². The van der Waals surface area contributed by atoms with E-state index in [-0.39, 0.29) is 10.9 Å². The Balaban J connectivity index is 2.49. The molecule has 0 spiro atoms. The Hall–Kier alpha value is -1.08. The van der Waals surface area contributed by atoms with Gasteiger partial charge in [0, 0.05) is 43.9 Å². The Labute approximate surface area is 105 Å². The summed E-state index contributed by atoms with van der Waals surface area (Å²) < 4.78 is 23.5. The van der Waals surface area contributed by atoms with Crippen molar-refractivity contribution in [3.63, 3.8) is 0 Å². The van der Waals surface area contributed by atoms with Crippen molar-refractivity contribution >= 4 is 25.6 Å². The molecule has 6 nitrogen and oxygen atoms in total. The van der Waals surface area contributed by atoms with E-state index in [4.69, 9.17) is 10.7 Å². The molecule has 1 amide bonds. The molecule has 0 aromatic carbocycles. The summed E-state index contributed by atoms with van der Waals surface area (Å²) in [6, 6.07) is 0. The summed E-state index contributed by atoms with van der Waals surface area (Å²) in [6.45, 7) is 0.527. The first-order valence-electron chi connectivity index (χ1n) is 4.97. The molecule has 1 heterocycles. The number of aromatic nitrogens is 2. The number of nitrogens with zero attached hydrogens (tertiary/aromatic N) is 3. The highest BCUT2D eigenvalue weighted by Gasteiger charge is 2.13. The maximum atomic E-state index is 11.3. The summed E-state index contributed by atoms with van der Waals surface area (Å²) in [7, 11) is 4.75. The molecule has 1 rings (SSSR count). The largest absolute Gasteiger partial charge is 0.349 e. The third kappa shape index (κ3) is 4.35. The molecule has 0 saturated heterocycles. The minimum atomic E-state index is -3.77. The van der Waals surface area contributed by atoms with Crippen LogP contribution in [0.25, 0.3) is 0 Å². The van der Waals surface area contributed by atoms with Crippen LogP contribution in [0.3, 0.4) is 0 Å². The van der Waals surface area contributed by atoms with Gasteiger partial charge in [-0.3, -0.25) is 4.79 Å². The number of aryl methyl sites for hydroxylation is 1. The summed E-state index contributed by atoms with van der Waals surface area (Å²) in [4.78, 5) is 16.5. The maximum absolute atomic E-state index is 11.3. The lowest BCUT2D eigenvalue weighted by atomic mass is 10.3. The average molecular weight is 280 g/mol. The van der Waals surface area contributed by atoms with Crippen molar-refractivity contribution in [1.82, 2.24) is 14.5 Å². The fraction of sp³-hybridized carbons (Fsp3) is 0.556. The molecule has 0 saturated carbocycles. The number of hydrogen-bond acceptors (Lipinski definition) is 4. The molecule has 0 N–H and O–H groups in total. The van der Waals surface area contributed by atoms with Gasteiger partial charge in [-0.15, -0.1) is 0 Å². The number of halogens is 1. The zero-order chi connectivity index (χ0) is 13.1. The number of carbonyl (C=O) groups is 1. The van der Waals surface area contributed by atoms with Gasteiger partial charge in [0.2, 0.25) is 5.91 Å². The normalized spacial score (nSPS) is 11.5. The predicted molar refractivity (Wildman–Crippen MR) is 63.2 cm³/mol. The van der Waals surface area contributed by atoms with Crippen molar-refractivity contribution in [2.75, 3.05) is 14.1 Å². The van der Waals surface area contributed by atoms with E-state index in [0.29, 0.717) is 19.4 Å². The van der Waals surface area contributed by atoms with Crippen molar-refractivity contribution in [3.05, 3.63) is 12.5 Å². The number of rotatable bonds is 5. The van der Waals surface area contributed by atoms with Crippen LogP contribution in [0, 0.1) is 0 Å². The van der Waals surface area contributed by atoms with E-state index in [1.807, 2.05) is 0 Å². The molecule has 0 radical (unpaired) electrons. The minimum Gasteiger partial charge on any atom is -0.349 e. The van der Waals surface area contributed by atoms with E-state index in [0.717, 1.165) is 0 Å². The second-order valence-corrected chi connectivity index (χ2v) is 6.29. The third-order valence-electron chi connectivity index (χ3n) is 2.17. The number of amides is 1. The Morgan fingerprint density at radius 3 is 2.65 bits per heavy atom. The Morgan fingerprint density at radius 2 is 2.18 bits per heavy atom. The van der Waals surface area contributed by atoms with Gasteiger partial charge in [-0.05, 0) is 6.42 Å². The Kier molecular flexibility index (Phi) is 4.53. The fourth-order valence-electron chi connectivity index (χ4n) is 1.22. The number of imidazole rings is 1. The molecule has 1 aromatic heterocycles. The van der Waals surface area contributed by atoms with E-state index in [1.54, 1.807) is 18.7 Å². The average Bonchev–Trinajstić information content (AvgIpc) is 2.65. The van der Waals surface area contributed by atoms with E-state index < -0.39 is 9.05 Å². The molecule has 0 aliphatic carbocycles. The van der Waals surface area contributed by atoms with Crippen molar-refractivity contribution in [2.24, 2.45) is 0 Å². The highest BCUT2D eigenvalue weighted by atomic mass is 35.7. The highest BCUT2D eigenvalue weighted by Crippen LogP contribution is 2.11. The lowest BCUT2D eigenvalue weighted by molar-refractivity contribution is -0.128. The van der Waals surface area contributed by atoms with E-state index in [1.165, 1.54) is 17.4 Å². The Bertz CT molecular complexity index is 495. The van der Waals surface area contributed by atoms with Crippen LogP contribution in [-0.4, -0.2) is 42.9 Å². The minimum absolute atomic E-state index is 0.0373. The smallest absolute Gasteiger partial charge is 0.280 e. The van der Waals surface area contributed by atoms with E-state index >= 15 is 0 Å². The van der Waals surface area contributed by atoms with Crippen LogP contribution in [0.15, 0.2) is 17.6 Å². The summed E-state index contributed by atoms with van der Waals surface area (Å²) in [5, 5.41) is -0.168. The molecule has 0 aliphatic rings. The van der Waals surface area contributed by atoms with Crippen LogP contribution >= 0.6 is 10.7 Å². The predicted octanol–water partition coefficient (Wildman–Crippen LogP) is 0.679. The SMILES string of the molecule is CN(C)C(=O)CCCn1cnc(S(=O)(=O)Cl)c1. The molecule has 8 heteroatoms. The molecule has 0 aliphatic heterocycles. The van der Waals surface area contributed by atoms with Crippen LogP contribution in [0.1, 0.15) is 12.8 Å². The summed E-state index contributed by atoms with van der Waals surface area (Å²) in [6.07, 6.45) is 3.77. The molecule has 0 fully saturated rings. The topological polar surface area (TPSA) is 72.3 Å². The van der Waals surface area contributed by atoms with Gasteiger partial charge in [0.25, 0.3) is 9.05 Å². The van der Waals surface area contributed by atoms with Gasteiger partial charge >= 0.3 is 0 Å². The molecular formula is C9H14ClN3O3S. The zero-order valence-electron chi connectivity index (χ0n) is 9.63. The Morgan fingerprint density at radius 1 is 1.53 bits per heavy atom. The summed E-state index contributed by atoms with van der Waals surface area (Å²) in [5.74, 6) is 0.0373. The van der Waals surface area contributed by atoms with Gasteiger partial charge in [-0.25, -0.2) is 13.4 Å². The highest BCUT2D eigenvalue weighted by molar-refractivity contribution is 8.13. The van der Waals surface area contributed by atoms with Gasteiger partial charge in [0.15, 0.2) is 5.03 Å². The molecule has 96 valence electrons. The fourth-order valence-corrected chi connectivity index (χ4v) is 1.90. The van der Waals surface area contributed by atoms with Crippen LogP contribution in [0.5, 0.6) is 0 Å². The van der Waals surface area contributed by atoms with E-state index in [9.17, 15) is 13.2 Å². The summed E-state index contributed by atoms with van der Waals surface area (Å²) >= 11 is 0. The molecule has 0 unspecified atom stereocenters. The van der Waals surface area contributed by atoms with Crippen LogP contribution in [0.2, 0.25) is 0 Å². The van der Waals surface area contributed by atoms with Crippen molar-refractivity contribution < 1.29 is 13.2 Å². The second kappa shape index (κ2) is 5.50. The van der Waals surface area contributed by atoms with Crippen LogP contribution in [-0.2, 0) is 20.4 Å². The van der Waals surface area contributed by atoms with Gasteiger partial charge in [0.1, 0.15) is 0 Å². The number of carbonyl (C=O) groups excluding carboxylic acids is 1. The second-order valence-electron chi connectivity index (χ2n) is 3.78. The monoisotopic (exact) mass is 279 g/mol. The van der Waals surface area contributed by atoms with Gasteiger partial charge < -0.3 is 9.47 Å². The van der Waals surface area contributed by atoms with Crippen LogP contribution < -0.4 is 0 Å². The molecular weight excluding hydrogens is 266 g/mol. The van der Waals surface area contributed by atoms with E-state index in [2.05, 4.69) is 4.98 Å². The maximum Gasteiger partial charge on any atom is 0.280 e. The first kappa shape index (κ1) is 14.0. The molecule has 1 aromatic rings. The molecule has 17 heavy (non-hydrogen) atoms. The van der Waals surface area contributed by atoms with Gasteiger partial charge in [0.05, 0.1) is 6.33 Å². The molecule has 0 atom stereocenters. The van der Waals surface area contributed by atoms with Crippen molar-refractivity contribution in [2.45, 2.75) is 24.4 Å². The van der Waals surface area contributed by atoms with Gasteiger partial charge in [-0.2, -0.15) is 0 Å². The first-order valence-corrected chi connectivity index (χ1v) is 7.28. The first-order chi connectivity index (χ1) is 7.80. The standard InChI is InChI=1S/C9H14ClN3O3S/c1-12(2)9(14)4-3-5-13-6-8(11-7-13)17(10,15)16/h6-7H,3-5H2,1-2H3. The van der Waals surface area contributed by atoms with Crippen molar-refractivity contribution in [1.29, 1.82) is 0 Å². The quantitative estimate of drug-likeness (QED) is 0.743. The molecule has 0 bridgehead atoms. The van der Waals surface area contributed by atoms with Crippen molar-refractivity contribution in [3.8, 4) is 0 Å². The van der Waals surface area contributed by atoms with Gasteiger partial charge in [-0.1, -0.05) is 0 Å². The summed E-state index contributed by atoms with van der Waals surface area (Å²) in [5.41, 5.74) is 0. The lowest BCUT2D eigenvalue weighted by Gasteiger charge is -2.09. The third-order valence-corrected chi connectivity index (χ3v) is 3.35. The number of hydrogen-bond donors (Lipinski definition) is 0.